The number of amides is 1. The molecule has 0 saturated heterocycles. The second-order valence-electron chi connectivity index (χ2n) is 4.28. The third-order valence-corrected chi connectivity index (χ3v) is 2.47. The number of carbonyl (C=O) groups excluding carboxylic acids is 1. The highest BCUT2D eigenvalue weighted by Gasteiger charge is 2.12. The summed E-state index contributed by atoms with van der Waals surface area (Å²) in [5, 5.41) is 6.87. The molecule has 0 radical (unpaired) electrons. The summed E-state index contributed by atoms with van der Waals surface area (Å²) in [6.45, 7) is 5.47. The summed E-state index contributed by atoms with van der Waals surface area (Å²) >= 11 is 0. The topological polar surface area (TPSA) is 92.1 Å². The monoisotopic (exact) mass is 249 g/mol. The Morgan fingerprint density at radius 1 is 1.56 bits per heavy atom. The molecule has 0 saturated carbocycles. The predicted molar refractivity (Wildman–Crippen MR) is 66.5 cm³/mol. The Bertz CT molecular complexity index is 640. The molecule has 1 amide bonds. The van der Waals surface area contributed by atoms with E-state index in [1.165, 1.54) is 10.6 Å². The maximum Gasteiger partial charge on any atom is 0.254 e. The van der Waals surface area contributed by atoms with E-state index in [0.717, 1.165) is 0 Å². The van der Waals surface area contributed by atoms with Gasteiger partial charge in [0.15, 0.2) is 5.82 Å². The first-order valence-electron chi connectivity index (χ1n) is 5.81. The third-order valence-electron chi connectivity index (χ3n) is 2.47. The van der Waals surface area contributed by atoms with E-state index in [1.807, 2.05) is 6.92 Å². The van der Waals surface area contributed by atoms with Crippen LogP contribution in [0.4, 0.5) is 5.82 Å². The molecule has 2 heterocycles. The zero-order chi connectivity index (χ0) is 13.3. The number of nitrogens with one attached hydrogen (secondary N) is 2. The molecule has 0 aromatic carbocycles. The zero-order valence-corrected chi connectivity index (χ0v) is 10.5. The van der Waals surface area contributed by atoms with Crippen LogP contribution in [-0.4, -0.2) is 25.5 Å². The Hall–Kier alpha value is -2.18. The van der Waals surface area contributed by atoms with Crippen LogP contribution < -0.4 is 10.9 Å². The number of H-pyrrole nitrogens is 1. The Morgan fingerprint density at radius 2 is 2.28 bits per heavy atom. The number of aromatic nitrogens is 4. The highest BCUT2D eigenvalue weighted by atomic mass is 16.2. The van der Waals surface area contributed by atoms with Crippen LogP contribution in [0.5, 0.6) is 0 Å². The van der Waals surface area contributed by atoms with Crippen molar-refractivity contribution in [3.8, 4) is 0 Å². The molecule has 0 spiro atoms. The second kappa shape index (κ2) is 4.59. The standard InChI is InChI=1S/C11H15N5O2/c1-4-7-12-11-14-9(17)5-8(16(11)15-7)13-10(18)6(2)3/h5-6H,4H2,1-3H3,(H,13,18)(H,12,14,15,17). The van der Waals surface area contributed by atoms with Gasteiger partial charge in [0.2, 0.25) is 11.7 Å². The molecule has 0 fully saturated rings. The second-order valence-corrected chi connectivity index (χ2v) is 4.28. The molecule has 2 N–H and O–H groups in total. The van der Waals surface area contributed by atoms with Gasteiger partial charge in [0.1, 0.15) is 5.82 Å². The lowest BCUT2D eigenvalue weighted by Crippen LogP contribution is -2.22. The van der Waals surface area contributed by atoms with Crippen LogP contribution >= 0.6 is 0 Å². The average Bonchev–Trinajstić information content (AvgIpc) is 2.71. The number of hydrogen-bond donors (Lipinski definition) is 2. The SMILES string of the molecule is CCc1nc2[nH]c(=O)cc(NC(=O)C(C)C)n2n1. The van der Waals surface area contributed by atoms with Crippen molar-refractivity contribution in [2.75, 3.05) is 5.32 Å². The highest BCUT2D eigenvalue weighted by molar-refractivity contribution is 5.91. The molecule has 2 aromatic heterocycles. The molecule has 96 valence electrons. The molecular formula is C11H15N5O2. The number of nitrogens with zero attached hydrogens (tertiary/aromatic N) is 3. The lowest BCUT2D eigenvalue weighted by atomic mass is 10.2. The smallest absolute Gasteiger partial charge is 0.254 e. The van der Waals surface area contributed by atoms with E-state index in [0.29, 0.717) is 23.8 Å². The normalized spacial score (nSPS) is 11.1. The molecule has 2 rings (SSSR count). The van der Waals surface area contributed by atoms with Crippen molar-refractivity contribution < 1.29 is 4.79 Å². The average molecular weight is 249 g/mol. The third kappa shape index (κ3) is 2.24. The summed E-state index contributed by atoms with van der Waals surface area (Å²) in [5.41, 5.74) is -0.323. The van der Waals surface area contributed by atoms with Gasteiger partial charge in [-0.3, -0.25) is 14.6 Å². The molecule has 0 aliphatic carbocycles. The fourth-order valence-electron chi connectivity index (χ4n) is 1.44. The van der Waals surface area contributed by atoms with E-state index in [4.69, 9.17) is 0 Å². The summed E-state index contributed by atoms with van der Waals surface area (Å²) in [6.07, 6.45) is 0.654. The van der Waals surface area contributed by atoms with Crippen molar-refractivity contribution in [3.05, 3.63) is 22.2 Å². The van der Waals surface area contributed by atoms with Gasteiger partial charge < -0.3 is 5.32 Å². The molecule has 0 aliphatic heterocycles. The van der Waals surface area contributed by atoms with Gasteiger partial charge in [0.05, 0.1) is 0 Å². The van der Waals surface area contributed by atoms with E-state index >= 15 is 0 Å². The number of hydrogen-bond acceptors (Lipinski definition) is 4. The van der Waals surface area contributed by atoms with E-state index in [9.17, 15) is 9.59 Å². The number of rotatable bonds is 3. The minimum absolute atomic E-state index is 0.171. The Balaban J connectivity index is 2.51. The van der Waals surface area contributed by atoms with Crippen molar-refractivity contribution >= 4 is 17.5 Å². The van der Waals surface area contributed by atoms with Crippen molar-refractivity contribution in [3.63, 3.8) is 0 Å². The fourth-order valence-corrected chi connectivity index (χ4v) is 1.44. The Kier molecular flexibility index (Phi) is 3.14. The van der Waals surface area contributed by atoms with Gasteiger partial charge in [-0.1, -0.05) is 20.8 Å². The number of fused-ring (bicyclic) bond motifs is 1. The summed E-state index contributed by atoms with van der Waals surface area (Å²) in [4.78, 5) is 29.8. The van der Waals surface area contributed by atoms with Crippen molar-refractivity contribution in [1.29, 1.82) is 0 Å². The lowest BCUT2D eigenvalue weighted by molar-refractivity contribution is -0.118. The predicted octanol–water partition coefficient (Wildman–Crippen LogP) is 0.574. The van der Waals surface area contributed by atoms with Gasteiger partial charge in [0.25, 0.3) is 5.56 Å². The van der Waals surface area contributed by atoms with Crippen LogP contribution in [0.3, 0.4) is 0 Å². The summed E-state index contributed by atoms with van der Waals surface area (Å²) < 4.78 is 1.43. The minimum atomic E-state index is -0.323. The maximum atomic E-state index is 11.7. The number of anilines is 1. The number of aromatic amines is 1. The van der Waals surface area contributed by atoms with E-state index in [1.54, 1.807) is 13.8 Å². The molecule has 7 heteroatoms. The van der Waals surface area contributed by atoms with Crippen molar-refractivity contribution in [1.82, 2.24) is 19.6 Å². The molecule has 0 aliphatic rings. The lowest BCUT2D eigenvalue weighted by Gasteiger charge is -2.07. The molecule has 7 nitrogen and oxygen atoms in total. The van der Waals surface area contributed by atoms with E-state index < -0.39 is 0 Å². The fraction of sp³-hybridized carbons (Fsp3) is 0.455. The van der Waals surface area contributed by atoms with Crippen LogP contribution in [-0.2, 0) is 11.2 Å². The van der Waals surface area contributed by atoms with Gasteiger partial charge in [-0.2, -0.15) is 9.50 Å². The quantitative estimate of drug-likeness (QED) is 0.832. The van der Waals surface area contributed by atoms with Crippen LogP contribution in [0, 0.1) is 5.92 Å². The summed E-state index contributed by atoms with van der Waals surface area (Å²) in [5.74, 6) is 0.930. The highest BCUT2D eigenvalue weighted by Crippen LogP contribution is 2.08. The summed E-state index contributed by atoms with van der Waals surface area (Å²) in [6, 6.07) is 1.29. The Morgan fingerprint density at radius 3 is 2.89 bits per heavy atom. The molecule has 18 heavy (non-hydrogen) atoms. The number of carbonyl (C=O) groups is 1. The molecule has 0 unspecified atom stereocenters. The van der Waals surface area contributed by atoms with Crippen LogP contribution in [0.1, 0.15) is 26.6 Å². The van der Waals surface area contributed by atoms with Gasteiger partial charge >= 0.3 is 0 Å². The van der Waals surface area contributed by atoms with E-state index in [-0.39, 0.29) is 17.4 Å². The zero-order valence-electron chi connectivity index (χ0n) is 10.5. The van der Waals surface area contributed by atoms with Crippen LogP contribution in [0.15, 0.2) is 10.9 Å². The first kappa shape index (κ1) is 12.3. The Labute approximate surface area is 103 Å². The van der Waals surface area contributed by atoms with Crippen LogP contribution in [0.25, 0.3) is 5.78 Å². The minimum Gasteiger partial charge on any atom is -0.310 e. The molecule has 0 bridgehead atoms. The first-order valence-corrected chi connectivity index (χ1v) is 5.81. The number of aryl methyl sites for hydroxylation is 1. The van der Waals surface area contributed by atoms with Gasteiger partial charge in [-0.25, -0.2) is 0 Å². The summed E-state index contributed by atoms with van der Waals surface area (Å²) in [7, 11) is 0. The maximum absolute atomic E-state index is 11.7. The van der Waals surface area contributed by atoms with Gasteiger partial charge in [-0.15, -0.1) is 5.10 Å². The molecule has 2 aromatic rings. The van der Waals surface area contributed by atoms with Gasteiger partial charge in [-0.05, 0) is 0 Å². The molecule has 0 atom stereocenters. The first-order chi connectivity index (χ1) is 8.51. The molecular weight excluding hydrogens is 234 g/mol. The van der Waals surface area contributed by atoms with Gasteiger partial charge in [0, 0.05) is 18.4 Å². The van der Waals surface area contributed by atoms with Crippen LogP contribution in [0.2, 0.25) is 0 Å². The van der Waals surface area contributed by atoms with Crippen molar-refractivity contribution in [2.45, 2.75) is 27.2 Å². The largest absolute Gasteiger partial charge is 0.310 e. The van der Waals surface area contributed by atoms with E-state index in [2.05, 4.69) is 20.4 Å². The van der Waals surface area contributed by atoms with Crippen molar-refractivity contribution in [2.24, 2.45) is 5.92 Å².